The molecule has 0 aliphatic carbocycles. The van der Waals surface area contributed by atoms with Gasteiger partial charge in [0, 0.05) is 23.7 Å². The zero-order chi connectivity index (χ0) is 18.5. The molecule has 1 amide bonds. The van der Waals surface area contributed by atoms with Crippen molar-refractivity contribution in [3.63, 3.8) is 0 Å². The van der Waals surface area contributed by atoms with Gasteiger partial charge in [0.15, 0.2) is 5.43 Å². The Hall–Kier alpha value is -2.88. The van der Waals surface area contributed by atoms with E-state index in [1.54, 1.807) is 6.20 Å². The lowest BCUT2D eigenvalue weighted by Gasteiger charge is -2.16. The third-order valence-corrected chi connectivity index (χ3v) is 4.56. The van der Waals surface area contributed by atoms with Crippen LogP contribution in [0.25, 0.3) is 10.9 Å². The van der Waals surface area contributed by atoms with E-state index >= 15 is 0 Å². The first kappa shape index (κ1) is 17.9. The minimum absolute atomic E-state index is 0.0170. The summed E-state index contributed by atoms with van der Waals surface area (Å²) in [6.07, 6.45) is 3.51. The monoisotopic (exact) mass is 348 g/mol. The molecule has 3 rings (SSSR count). The molecule has 0 bridgehead atoms. The molecule has 1 aromatic heterocycles. The first-order valence-electron chi connectivity index (χ1n) is 8.96. The van der Waals surface area contributed by atoms with Gasteiger partial charge in [0.25, 0.3) is 0 Å². The second-order valence-electron chi connectivity index (χ2n) is 6.82. The number of fused-ring (bicyclic) bond motifs is 1. The number of pyridine rings is 1. The van der Waals surface area contributed by atoms with Gasteiger partial charge in [0.2, 0.25) is 5.91 Å². The molecule has 0 saturated carbocycles. The first-order valence-corrected chi connectivity index (χ1v) is 8.96. The molecule has 2 aromatic carbocycles. The number of carbonyl (C=O) groups excluding carboxylic acids is 1. The number of nitrogens with one attached hydrogen (secondary N) is 1. The third kappa shape index (κ3) is 4.39. The van der Waals surface area contributed by atoms with Crippen molar-refractivity contribution in [1.82, 2.24) is 9.88 Å². The molecular weight excluding hydrogens is 324 g/mol. The summed E-state index contributed by atoms with van der Waals surface area (Å²) in [7, 11) is 0. The Morgan fingerprint density at radius 1 is 1.12 bits per heavy atom. The van der Waals surface area contributed by atoms with E-state index in [-0.39, 0.29) is 23.9 Å². The zero-order valence-electron chi connectivity index (χ0n) is 15.2. The largest absolute Gasteiger partial charge is 0.352 e. The van der Waals surface area contributed by atoms with Crippen molar-refractivity contribution in [2.24, 2.45) is 0 Å². The van der Waals surface area contributed by atoms with Crippen LogP contribution in [0, 0.1) is 6.92 Å². The number of benzene rings is 2. The van der Waals surface area contributed by atoms with Gasteiger partial charge in [-0.1, -0.05) is 42.0 Å². The number of rotatable bonds is 6. The molecular formula is C22H24N2O2. The van der Waals surface area contributed by atoms with Crippen molar-refractivity contribution in [3.05, 3.63) is 82.1 Å². The fraction of sp³-hybridized carbons (Fsp3) is 0.273. The van der Waals surface area contributed by atoms with Crippen LogP contribution in [0.15, 0.2) is 65.6 Å². The molecule has 0 radical (unpaired) electrons. The molecule has 0 aliphatic heterocycles. The number of hydrogen-bond donors (Lipinski definition) is 1. The standard InChI is InChI=1S/C22H24N2O2/c1-16-8-11-20-19(14-16)21(25)12-13-24(20)15-22(26)23-17(2)9-10-18-6-4-3-5-7-18/h3-8,11-14,17H,9-10,15H2,1-2H3,(H,23,26)/t17-/m1/s1. The lowest BCUT2D eigenvalue weighted by Crippen LogP contribution is -2.35. The average molecular weight is 348 g/mol. The first-order chi connectivity index (χ1) is 12.5. The second kappa shape index (κ2) is 8.00. The van der Waals surface area contributed by atoms with Crippen molar-refractivity contribution in [2.75, 3.05) is 0 Å². The summed E-state index contributed by atoms with van der Waals surface area (Å²) >= 11 is 0. The van der Waals surface area contributed by atoms with E-state index < -0.39 is 0 Å². The summed E-state index contributed by atoms with van der Waals surface area (Å²) in [5.74, 6) is -0.0453. The Morgan fingerprint density at radius 2 is 1.88 bits per heavy atom. The number of amides is 1. The quantitative estimate of drug-likeness (QED) is 0.742. The number of nitrogens with zero attached hydrogens (tertiary/aromatic N) is 1. The average Bonchev–Trinajstić information content (AvgIpc) is 2.63. The zero-order valence-corrected chi connectivity index (χ0v) is 15.2. The highest BCUT2D eigenvalue weighted by molar-refractivity contribution is 5.82. The van der Waals surface area contributed by atoms with Crippen LogP contribution >= 0.6 is 0 Å². The maximum atomic E-state index is 12.4. The Morgan fingerprint density at radius 3 is 2.65 bits per heavy atom. The van der Waals surface area contributed by atoms with E-state index in [1.165, 1.54) is 11.6 Å². The molecule has 4 nitrogen and oxygen atoms in total. The molecule has 1 heterocycles. The van der Waals surface area contributed by atoms with Gasteiger partial charge in [0.1, 0.15) is 6.54 Å². The summed E-state index contributed by atoms with van der Waals surface area (Å²) in [5, 5.41) is 3.70. The summed E-state index contributed by atoms with van der Waals surface area (Å²) in [6, 6.07) is 17.6. The predicted octanol–water partition coefficient (Wildman–Crippen LogP) is 3.45. The van der Waals surface area contributed by atoms with E-state index in [0.717, 1.165) is 23.9 Å². The van der Waals surface area contributed by atoms with Gasteiger partial charge in [-0.2, -0.15) is 0 Å². The minimum Gasteiger partial charge on any atom is -0.352 e. The predicted molar refractivity (Wildman–Crippen MR) is 105 cm³/mol. The number of aryl methyl sites for hydroxylation is 2. The van der Waals surface area contributed by atoms with Gasteiger partial charge in [-0.25, -0.2) is 0 Å². The number of carbonyl (C=O) groups is 1. The van der Waals surface area contributed by atoms with Crippen LogP contribution < -0.4 is 10.7 Å². The molecule has 1 N–H and O–H groups in total. The van der Waals surface area contributed by atoms with Gasteiger partial charge < -0.3 is 9.88 Å². The summed E-state index contributed by atoms with van der Waals surface area (Å²) in [4.78, 5) is 24.5. The van der Waals surface area contributed by atoms with E-state index in [1.807, 2.05) is 54.8 Å². The topological polar surface area (TPSA) is 51.1 Å². The lowest BCUT2D eigenvalue weighted by molar-refractivity contribution is -0.122. The lowest BCUT2D eigenvalue weighted by atomic mass is 10.1. The van der Waals surface area contributed by atoms with Crippen LogP contribution in [-0.4, -0.2) is 16.5 Å². The van der Waals surface area contributed by atoms with Gasteiger partial charge in [-0.3, -0.25) is 9.59 Å². The van der Waals surface area contributed by atoms with Crippen molar-refractivity contribution in [1.29, 1.82) is 0 Å². The van der Waals surface area contributed by atoms with Crippen LogP contribution in [0.3, 0.4) is 0 Å². The molecule has 4 heteroatoms. The Bertz CT molecular complexity index is 961. The second-order valence-corrected chi connectivity index (χ2v) is 6.82. The van der Waals surface area contributed by atoms with Gasteiger partial charge in [0.05, 0.1) is 5.52 Å². The third-order valence-electron chi connectivity index (χ3n) is 4.56. The highest BCUT2D eigenvalue weighted by atomic mass is 16.2. The number of hydrogen-bond acceptors (Lipinski definition) is 2. The van der Waals surface area contributed by atoms with Crippen LogP contribution in [0.4, 0.5) is 0 Å². The van der Waals surface area contributed by atoms with Gasteiger partial charge in [-0.05, 0) is 44.4 Å². The molecule has 26 heavy (non-hydrogen) atoms. The Labute approximate surface area is 153 Å². The SMILES string of the molecule is Cc1ccc2c(c1)c(=O)ccn2CC(=O)N[C@H](C)CCc1ccccc1. The molecule has 0 fully saturated rings. The highest BCUT2D eigenvalue weighted by Crippen LogP contribution is 2.12. The van der Waals surface area contributed by atoms with Crippen molar-refractivity contribution in [2.45, 2.75) is 39.3 Å². The van der Waals surface area contributed by atoms with Crippen LogP contribution in [-0.2, 0) is 17.8 Å². The maximum absolute atomic E-state index is 12.4. The highest BCUT2D eigenvalue weighted by Gasteiger charge is 2.10. The molecule has 0 unspecified atom stereocenters. The summed E-state index contributed by atoms with van der Waals surface area (Å²) in [6.45, 7) is 4.18. The van der Waals surface area contributed by atoms with Crippen LogP contribution in [0.2, 0.25) is 0 Å². The fourth-order valence-electron chi connectivity index (χ4n) is 3.14. The normalized spacial score (nSPS) is 12.1. The smallest absolute Gasteiger partial charge is 0.240 e. The maximum Gasteiger partial charge on any atom is 0.240 e. The Kier molecular flexibility index (Phi) is 5.52. The molecule has 0 aliphatic rings. The minimum atomic E-state index is -0.0453. The van der Waals surface area contributed by atoms with Crippen LogP contribution in [0.5, 0.6) is 0 Å². The van der Waals surface area contributed by atoms with E-state index in [2.05, 4.69) is 17.4 Å². The number of aromatic nitrogens is 1. The molecule has 134 valence electrons. The van der Waals surface area contributed by atoms with E-state index in [4.69, 9.17) is 0 Å². The van der Waals surface area contributed by atoms with Crippen molar-refractivity contribution >= 4 is 16.8 Å². The van der Waals surface area contributed by atoms with Gasteiger partial charge >= 0.3 is 0 Å². The fourth-order valence-corrected chi connectivity index (χ4v) is 3.14. The van der Waals surface area contributed by atoms with Gasteiger partial charge in [-0.15, -0.1) is 0 Å². The molecule has 3 aromatic rings. The molecule has 1 atom stereocenters. The molecule has 0 saturated heterocycles. The molecule has 0 spiro atoms. The van der Waals surface area contributed by atoms with Crippen LogP contribution in [0.1, 0.15) is 24.5 Å². The van der Waals surface area contributed by atoms with Crippen molar-refractivity contribution in [3.8, 4) is 0 Å². The van der Waals surface area contributed by atoms with Crippen molar-refractivity contribution < 1.29 is 4.79 Å². The Balaban J connectivity index is 1.64. The summed E-state index contributed by atoms with van der Waals surface area (Å²) in [5.41, 5.74) is 3.08. The summed E-state index contributed by atoms with van der Waals surface area (Å²) < 4.78 is 1.83. The van der Waals surface area contributed by atoms with E-state index in [9.17, 15) is 9.59 Å². The van der Waals surface area contributed by atoms with E-state index in [0.29, 0.717) is 5.39 Å².